The fraction of sp³-hybridized carbons (Fsp3) is 0.531. The third kappa shape index (κ3) is 7.63. The van der Waals surface area contributed by atoms with Gasteiger partial charge in [-0.2, -0.15) is 0 Å². The lowest BCUT2D eigenvalue weighted by Gasteiger charge is -2.34. The van der Waals surface area contributed by atoms with Gasteiger partial charge in [-0.25, -0.2) is 19.6 Å². The molecule has 1 N–H and O–H groups in total. The van der Waals surface area contributed by atoms with Gasteiger partial charge in [0.2, 0.25) is 11.8 Å². The number of benzene rings is 1. The zero-order chi connectivity index (χ0) is 31.3. The molecule has 0 bridgehead atoms. The van der Waals surface area contributed by atoms with E-state index in [4.69, 9.17) is 28.9 Å². The Morgan fingerprint density at radius 1 is 1.12 bits per heavy atom. The first-order valence-electron chi connectivity index (χ1n) is 14.6. The Labute approximate surface area is 252 Å². The number of aryl methyl sites for hydroxylation is 1. The van der Waals surface area contributed by atoms with Gasteiger partial charge in [0, 0.05) is 18.4 Å². The summed E-state index contributed by atoms with van der Waals surface area (Å²) < 4.78 is 22.3. The number of amides is 2. The Bertz CT molecular complexity index is 1370. The number of ether oxygens (including phenoxy) is 4. The lowest BCUT2D eigenvalue weighted by Crippen LogP contribution is -2.57. The molecule has 43 heavy (non-hydrogen) atoms. The van der Waals surface area contributed by atoms with Gasteiger partial charge in [0.05, 0.1) is 31.8 Å². The van der Waals surface area contributed by atoms with E-state index in [1.165, 1.54) is 12.0 Å². The minimum Gasteiger partial charge on any atom is -0.497 e. The van der Waals surface area contributed by atoms with Gasteiger partial charge in [0.25, 0.3) is 0 Å². The molecule has 11 heteroatoms. The van der Waals surface area contributed by atoms with Gasteiger partial charge in [-0.1, -0.05) is 32.9 Å². The Morgan fingerprint density at radius 3 is 2.53 bits per heavy atom. The molecule has 1 aromatic carbocycles. The van der Waals surface area contributed by atoms with Crippen molar-refractivity contribution in [2.75, 3.05) is 20.8 Å². The third-order valence-electron chi connectivity index (χ3n) is 7.75. The van der Waals surface area contributed by atoms with Crippen LogP contribution in [0.25, 0.3) is 11.0 Å². The smallest absolute Gasteiger partial charge is 0.408 e. The number of rotatable bonds is 12. The molecule has 1 saturated heterocycles. The molecule has 1 saturated carbocycles. The van der Waals surface area contributed by atoms with Crippen molar-refractivity contribution in [3.8, 4) is 11.6 Å². The molecule has 2 heterocycles. The van der Waals surface area contributed by atoms with Crippen LogP contribution in [0.2, 0.25) is 0 Å². The number of carbonyl (C=O) groups is 3. The number of alkyl carbamates (subject to hydrolysis) is 1. The average molecular weight is 595 g/mol. The number of likely N-dealkylation sites (tertiary alicyclic amines) is 1. The molecule has 0 spiro atoms. The van der Waals surface area contributed by atoms with Crippen LogP contribution in [-0.2, 0) is 25.5 Å². The maximum atomic E-state index is 14.0. The SMILES string of the molecule is C=CCCc1nc2ccc(OC)cc2nc1O[C@@H]1C[C@@H](C(=O)OC)N(C(=O)[C@@H](NC(=O)O[C@@H]2C[C@H]2CC=C)C(C)(C)C)C1. The summed E-state index contributed by atoms with van der Waals surface area (Å²) in [7, 11) is 2.85. The van der Waals surface area contributed by atoms with Crippen molar-refractivity contribution >= 4 is 29.0 Å². The fourth-order valence-corrected chi connectivity index (χ4v) is 5.25. The van der Waals surface area contributed by atoms with Crippen molar-refractivity contribution in [3.63, 3.8) is 0 Å². The van der Waals surface area contributed by atoms with Crippen molar-refractivity contribution < 1.29 is 33.3 Å². The van der Waals surface area contributed by atoms with E-state index in [9.17, 15) is 14.4 Å². The van der Waals surface area contributed by atoms with Crippen LogP contribution in [0.3, 0.4) is 0 Å². The third-order valence-corrected chi connectivity index (χ3v) is 7.75. The second kappa shape index (κ2) is 13.4. The van der Waals surface area contributed by atoms with Crippen molar-refractivity contribution in [3.05, 3.63) is 49.2 Å². The summed E-state index contributed by atoms with van der Waals surface area (Å²) in [6.07, 6.45) is 5.08. The quantitative estimate of drug-likeness (QED) is 0.281. The molecule has 232 valence electrons. The molecular weight excluding hydrogens is 552 g/mol. The molecule has 2 amide bonds. The predicted octanol–water partition coefficient (Wildman–Crippen LogP) is 4.38. The van der Waals surface area contributed by atoms with Gasteiger partial charge in [-0.05, 0) is 43.2 Å². The van der Waals surface area contributed by atoms with E-state index in [2.05, 4.69) is 18.5 Å². The number of esters is 1. The zero-order valence-corrected chi connectivity index (χ0v) is 25.6. The van der Waals surface area contributed by atoms with Crippen molar-refractivity contribution in [1.29, 1.82) is 0 Å². The molecule has 2 aromatic rings. The normalized spacial score (nSPS) is 21.9. The molecule has 1 aliphatic carbocycles. The van der Waals surface area contributed by atoms with E-state index in [0.717, 1.165) is 12.8 Å². The summed E-state index contributed by atoms with van der Waals surface area (Å²) in [6, 6.07) is 3.55. The van der Waals surface area contributed by atoms with Crippen molar-refractivity contribution in [2.24, 2.45) is 11.3 Å². The van der Waals surface area contributed by atoms with Crippen LogP contribution in [0.15, 0.2) is 43.5 Å². The van der Waals surface area contributed by atoms with Crippen LogP contribution in [0.4, 0.5) is 4.79 Å². The largest absolute Gasteiger partial charge is 0.497 e. The summed E-state index contributed by atoms with van der Waals surface area (Å²) in [6.45, 7) is 13.2. The topological polar surface area (TPSA) is 129 Å². The molecule has 1 aromatic heterocycles. The summed E-state index contributed by atoms with van der Waals surface area (Å²) in [5, 5.41) is 2.76. The Kier molecular flexibility index (Phi) is 9.93. The van der Waals surface area contributed by atoms with Crippen LogP contribution in [0.1, 0.15) is 52.1 Å². The Balaban J connectivity index is 1.56. The molecule has 2 fully saturated rings. The standard InChI is InChI=1S/C32H42N4O7/c1-8-10-12-23-28(34-24-16-20(40-6)13-14-22(24)33-23)42-21-17-25(30(38)41-7)36(18-21)29(37)27(32(3,4)5)35-31(39)43-26-15-19(26)11-9-2/h8-9,13-14,16,19,21,25-27H,1-2,10-12,15,17-18H2,3-7H3,(H,35,39)/t19-,21-,25+,26-,27-/m1/s1. The van der Waals surface area contributed by atoms with Gasteiger partial charge in [0.15, 0.2) is 0 Å². The number of nitrogens with zero attached hydrogens (tertiary/aromatic N) is 3. The fourth-order valence-electron chi connectivity index (χ4n) is 5.25. The van der Waals surface area contributed by atoms with Crippen LogP contribution in [0.5, 0.6) is 11.6 Å². The van der Waals surface area contributed by atoms with Crippen LogP contribution in [0, 0.1) is 11.3 Å². The molecule has 5 atom stereocenters. The van der Waals surface area contributed by atoms with Gasteiger partial charge < -0.3 is 29.2 Å². The first-order chi connectivity index (χ1) is 20.5. The number of methoxy groups -OCH3 is 2. The van der Waals surface area contributed by atoms with Crippen LogP contribution in [-0.4, -0.2) is 77.9 Å². The molecule has 0 unspecified atom stereocenters. The molecule has 11 nitrogen and oxygen atoms in total. The highest BCUT2D eigenvalue weighted by atomic mass is 16.6. The van der Waals surface area contributed by atoms with Gasteiger partial charge in [-0.3, -0.25) is 4.79 Å². The minimum absolute atomic E-state index is 0.0880. The second-order valence-corrected chi connectivity index (χ2v) is 12.1. The lowest BCUT2D eigenvalue weighted by molar-refractivity contribution is -0.152. The summed E-state index contributed by atoms with van der Waals surface area (Å²) in [5.74, 6) is 0.208. The molecule has 0 radical (unpaired) electrons. The number of hydrogen-bond donors (Lipinski definition) is 1. The maximum Gasteiger partial charge on any atom is 0.408 e. The number of nitrogens with one attached hydrogen (secondary N) is 1. The lowest BCUT2D eigenvalue weighted by atomic mass is 9.85. The summed E-state index contributed by atoms with van der Waals surface area (Å²) >= 11 is 0. The van der Waals surface area contributed by atoms with Crippen LogP contribution >= 0.6 is 0 Å². The van der Waals surface area contributed by atoms with Gasteiger partial charge in [0.1, 0.15) is 35.7 Å². The first kappa shape index (κ1) is 31.8. The number of fused-ring (bicyclic) bond motifs is 1. The predicted molar refractivity (Wildman–Crippen MR) is 161 cm³/mol. The molecule has 2 aliphatic rings. The van der Waals surface area contributed by atoms with Crippen molar-refractivity contribution in [2.45, 2.75) is 77.2 Å². The molecular formula is C32H42N4O7. The Hall–Kier alpha value is -4.15. The number of aromatic nitrogens is 2. The van der Waals surface area contributed by atoms with E-state index in [0.29, 0.717) is 41.2 Å². The maximum absolute atomic E-state index is 14.0. The average Bonchev–Trinajstić information content (AvgIpc) is 3.55. The van der Waals surface area contributed by atoms with E-state index in [1.807, 2.05) is 32.9 Å². The van der Waals surface area contributed by atoms with E-state index in [-0.39, 0.29) is 25.0 Å². The molecule has 4 rings (SSSR count). The summed E-state index contributed by atoms with van der Waals surface area (Å²) in [5.41, 5.74) is 1.24. The highest BCUT2D eigenvalue weighted by molar-refractivity contribution is 5.91. The number of hydrogen-bond acceptors (Lipinski definition) is 9. The summed E-state index contributed by atoms with van der Waals surface area (Å²) in [4.78, 5) is 50.6. The van der Waals surface area contributed by atoms with Gasteiger partial charge in [-0.15, -0.1) is 13.2 Å². The number of carbonyl (C=O) groups excluding carboxylic acids is 3. The molecule has 1 aliphatic heterocycles. The van der Waals surface area contributed by atoms with Crippen molar-refractivity contribution in [1.82, 2.24) is 20.2 Å². The highest BCUT2D eigenvalue weighted by Gasteiger charge is 2.47. The second-order valence-electron chi connectivity index (χ2n) is 12.1. The van der Waals surface area contributed by atoms with Crippen LogP contribution < -0.4 is 14.8 Å². The highest BCUT2D eigenvalue weighted by Crippen LogP contribution is 2.37. The Morgan fingerprint density at radius 2 is 1.88 bits per heavy atom. The number of allylic oxidation sites excluding steroid dienone is 2. The zero-order valence-electron chi connectivity index (χ0n) is 25.6. The van der Waals surface area contributed by atoms with E-state index >= 15 is 0 Å². The van der Waals surface area contributed by atoms with E-state index < -0.39 is 41.6 Å². The van der Waals surface area contributed by atoms with Gasteiger partial charge >= 0.3 is 12.1 Å². The first-order valence-corrected chi connectivity index (χ1v) is 14.6. The minimum atomic E-state index is -0.960. The monoisotopic (exact) mass is 594 g/mol. The van der Waals surface area contributed by atoms with E-state index in [1.54, 1.807) is 25.3 Å².